The molecule has 3 heteroatoms. The van der Waals surface area contributed by atoms with Crippen molar-refractivity contribution in [2.45, 2.75) is 32.1 Å². The lowest BCUT2D eigenvalue weighted by atomic mass is 9.90. The van der Waals surface area contributed by atoms with Crippen LogP contribution in [0.3, 0.4) is 0 Å². The second-order valence-corrected chi connectivity index (χ2v) is 5.69. The number of benzene rings is 1. The van der Waals surface area contributed by atoms with Gasteiger partial charge in [-0.25, -0.2) is 0 Å². The minimum absolute atomic E-state index is 0.111. The fraction of sp³-hybridized carbons (Fsp3) is 0.533. The van der Waals surface area contributed by atoms with Gasteiger partial charge >= 0.3 is 5.97 Å². The standard InChI is InChI=1S/C15H20O2S/c1-18-9-8-17-15(16)11-12-6-7-13-4-2-3-5-14(13)10-12/h6-7,10H,2-5,8-9,11H2,1H3. The highest BCUT2D eigenvalue weighted by molar-refractivity contribution is 7.98. The first kappa shape index (κ1) is 13.5. The van der Waals surface area contributed by atoms with Crippen molar-refractivity contribution in [2.75, 3.05) is 18.6 Å². The number of carbonyl (C=O) groups excluding carboxylic acids is 1. The number of fused-ring (bicyclic) bond motifs is 1. The molecule has 1 aromatic rings. The van der Waals surface area contributed by atoms with E-state index in [1.807, 2.05) is 6.26 Å². The molecule has 0 fully saturated rings. The average Bonchev–Trinajstić information content (AvgIpc) is 2.39. The van der Waals surface area contributed by atoms with Crippen LogP contribution >= 0.6 is 11.8 Å². The van der Waals surface area contributed by atoms with E-state index in [2.05, 4.69) is 18.2 Å². The third-order valence-corrected chi connectivity index (χ3v) is 3.89. The molecular formula is C15H20O2S. The van der Waals surface area contributed by atoms with Crippen molar-refractivity contribution < 1.29 is 9.53 Å². The molecule has 0 amide bonds. The van der Waals surface area contributed by atoms with Crippen molar-refractivity contribution in [2.24, 2.45) is 0 Å². The van der Waals surface area contributed by atoms with Gasteiger partial charge in [0.15, 0.2) is 0 Å². The van der Waals surface area contributed by atoms with Gasteiger partial charge < -0.3 is 4.74 Å². The van der Waals surface area contributed by atoms with Crippen LogP contribution in [0.15, 0.2) is 18.2 Å². The molecule has 0 saturated heterocycles. The van der Waals surface area contributed by atoms with Gasteiger partial charge in [-0.05, 0) is 48.6 Å². The van der Waals surface area contributed by atoms with E-state index in [9.17, 15) is 4.79 Å². The lowest BCUT2D eigenvalue weighted by Gasteiger charge is -2.16. The fourth-order valence-electron chi connectivity index (χ4n) is 2.35. The van der Waals surface area contributed by atoms with Crippen LogP contribution in [0.2, 0.25) is 0 Å². The third-order valence-electron chi connectivity index (χ3n) is 3.31. The smallest absolute Gasteiger partial charge is 0.310 e. The van der Waals surface area contributed by atoms with Crippen LogP contribution in [0.25, 0.3) is 0 Å². The zero-order valence-electron chi connectivity index (χ0n) is 10.9. The summed E-state index contributed by atoms with van der Waals surface area (Å²) >= 11 is 1.69. The van der Waals surface area contributed by atoms with Gasteiger partial charge in [-0.3, -0.25) is 4.79 Å². The summed E-state index contributed by atoms with van der Waals surface area (Å²) in [6.45, 7) is 0.519. The van der Waals surface area contributed by atoms with Gasteiger partial charge in [-0.1, -0.05) is 18.2 Å². The van der Waals surface area contributed by atoms with E-state index in [-0.39, 0.29) is 5.97 Å². The maximum absolute atomic E-state index is 11.6. The summed E-state index contributed by atoms with van der Waals surface area (Å²) in [4.78, 5) is 11.6. The Balaban J connectivity index is 1.91. The Hall–Kier alpha value is -0.960. The number of esters is 1. The van der Waals surface area contributed by atoms with Gasteiger partial charge in [0.1, 0.15) is 6.61 Å². The first-order chi connectivity index (χ1) is 8.79. The van der Waals surface area contributed by atoms with E-state index in [0.717, 1.165) is 17.7 Å². The number of aryl methyl sites for hydroxylation is 2. The summed E-state index contributed by atoms with van der Waals surface area (Å²) in [5.74, 6) is 0.760. The van der Waals surface area contributed by atoms with E-state index in [4.69, 9.17) is 4.74 Å². The largest absolute Gasteiger partial charge is 0.465 e. The number of thioether (sulfide) groups is 1. The molecule has 0 heterocycles. The van der Waals surface area contributed by atoms with Gasteiger partial charge in [-0.2, -0.15) is 11.8 Å². The Morgan fingerprint density at radius 2 is 2.06 bits per heavy atom. The third kappa shape index (κ3) is 3.77. The first-order valence-corrected chi connectivity index (χ1v) is 7.94. The molecule has 98 valence electrons. The predicted octanol–water partition coefficient (Wildman–Crippen LogP) is 3.01. The Morgan fingerprint density at radius 1 is 1.28 bits per heavy atom. The van der Waals surface area contributed by atoms with E-state index in [1.165, 1.54) is 30.4 Å². The van der Waals surface area contributed by atoms with Crippen LogP contribution in [0, 0.1) is 0 Å². The molecule has 1 aliphatic carbocycles. The lowest BCUT2D eigenvalue weighted by molar-refractivity contribution is -0.142. The summed E-state index contributed by atoms with van der Waals surface area (Å²) in [6, 6.07) is 6.43. The van der Waals surface area contributed by atoms with Crippen molar-refractivity contribution in [3.05, 3.63) is 34.9 Å². The van der Waals surface area contributed by atoms with Gasteiger partial charge in [0, 0.05) is 5.75 Å². The number of hydrogen-bond acceptors (Lipinski definition) is 3. The molecule has 1 aliphatic rings. The van der Waals surface area contributed by atoms with E-state index >= 15 is 0 Å². The molecule has 1 aromatic carbocycles. The normalized spacial score (nSPS) is 14.1. The topological polar surface area (TPSA) is 26.3 Å². The first-order valence-electron chi connectivity index (χ1n) is 6.55. The fourth-order valence-corrected chi connectivity index (χ4v) is 2.60. The van der Waals surface area contributed by atoms with Crippen molar-refractivity contribution in [3.8, 4) is 0 Å². The van der Waals surface area contributed by atoms with E-state index in [1.54, 1.807) is 11.8 Å². The second-order valence-electron chi connectivity index (χ2n) is 4.70. The van der Waals surface area contributed by atoms with Crippen LogP contribution in [-0.4, -0.2) is 24.6 Å². The summed E-state index contributed by atoms with van der Waals surface area (Å²) < 4.78 is 5.17. The molecular weight excluding hydrogens is 244 g/mol. The van der Waals surface area contributed by atoms with E-state index in [0.29, 0.717) is 13.0 Å². The molecule has 0 saturated carbocycles. The van der Waals surface area contributed by atoms with Gasteiger partial charge in [0.2, 0.25) is 0 Å². The molecule has 0 unspecified atom stereocenters. The van der Waals surface area contributed by atoms with Gasteiger partial charge in [0.05, 0.1) is 6.42 Å². The highest BCUT2D eigenvalue weighted by Crippen LogP contribution is 2.22. The Bertz CT molecular complexity index is 415. The lowest BCUT2D eigenvalue weighted by Crippen LogP contribution is -2.11. The van der Waals surface area contributed by atoms with Crippen molar-refractivity contribution in [1.29, 1.82) is 0 Å². The molecule has 2 nitrogen and oxygen atoms in total. The summed E-state index contributed by atoms with van der Waals surface area (Å²) in [5, 5.41) is 0. The molecule has 0 bridgehead atoms. The van der Waals surface area contributed by atoms with Gasteiger partial charge in [-0.15, -0.1) is 0 Å². The average molecular weight is 264 g/mol. The van der Waals surface area contributed by atoms with Crippen molar-refractivity contribution >= 4 is 17.7 Å². The maximum Gasteiger partial charge on any atom is 0.310 e. The van der Waals surface area contributed by atoms with Crippen LogP contribution in [0.5, 0.6) is 0 Å². The molecule has 0 radical (unpaired) electrons. The molecule has 2 rings (SSSR count). The highest BCUT2D eigenvalue weighted by atomic mass is 32.2. The zero-order chi connectivity index (χ0) is 12.8. The van der Waals surface area contributed by atoms with Gasteiger partial charge in [0.25, 0.3) is 0 Å². The summed E-state index contributed by atoms with van der Waals surface area (Å²) in [6.07, 6.45) is 7.33. The number of hydrogen-bond donors (Lipinski definition) is 0. The highest BCUT2D eigenvalue weighted by Gasteiger charge is 2.11. The van der Waals surface area contributed by atoms with Crippen LogP contribution in [-0.2, 0) is 28.8 Å². The molecule has 0 spiro atoms. The molecule has 18 heavy (non-hydrogen) atoms. The Morgan fingerprint density at radius 3 is 2.83 bits per heavy atom. The SMILES string of the molecule is CSCCOC(=O)Cc1ccc2c(c1)CCCC2. The minimum Gasteiger partial charge on any atom is -0.465 e. The maximum atomic E-state index is 11.6. The monoisotopic (exact) mass is 264 g/mol. The second kappa shape index (κ2) is 6.83. The summed E-state index contributed by atoms with van der Waals surface area (Å²) in [7, 11) is 0. The number of rotatable bonds is 5. The number of ether oxygens (including phenoxy) is 1. The van der Waals surface area contributed by atoms with Crippen molar-refractivity contribution in [3.63, 3.8) is 0 Å². The minimum atomic E-state index is -0.111. The quantitative estimate of drug-likeness (QED) is 0.604. The zero-order valence-corrected chi connectivity index (χ0v) is 11.7. The van der Waals surface area contributed by atoms with Crippen molar-refractivity contribution in [1.82, 2.24) is 0 Å². The molecule has 0 N–H and O–H groups in total. The Kier molecular flexibility index (Phi) is 5.12. The molecule has 0 aliphatic heterocycles. The molecule has 0 aromatic heterocycles. The van der Waals surface area contributed by atoms with Crippen LogP contribution in [0.4, 0.5) is 0 Å². The van der Waals surface area contributed by atoms with Crippen LogP contribution < -0.4 is 0 Å². The van der Waals surface area contributed by atoms with Crippen LogP contribution in [0.1, 0.15) is 29.5 Å². The number of carbonyl (C=O) groups is 1. The predicted molar refractivity (Wildman–Crippen MR) is 76.1 cm³/mol. The Labute approximate surface area is 113 Å². The summed E-state index contributed by atoms with van der Waals surface area (Å²) in [5.41, 5.74) is 3.97. The van der Waals surface area contributed by atoms with E-state index < -0.39 is 0 Å². The molecule has 0 atom stereocenters.